The van der Waals surface area contributed by atoms with Crippen LogP contribution in [0, 0.1) is 0 Å². The minimum atomic E-state index is 0.00375. The summed E-state index contributed by atoms with van der Waals surface area (Å²) in [6.45, 7) is 2.52. The molecule has 56 valence electrons. The van der Waals surface area contributed by atoms with Gasteiger partial charge in [0, 0.05) is 0 Å². The van der Waals surface area contributed by atoms with Gasteiger partial charge in [0.15, 0.2) is 6.61 Å². The second kappa shape index (κ2) is 3.23. The van der Waals surface area contributed by atoms with Crippen molar-refractivity contribution in [3.05, 3.63) is 9.53 Å². The van der Waals surface area contributed by atoms with Gasteiger partial charge in [0.05, 0.1) is 6.61 Å². The SMILES string of the molecule is CCOC1=C(I)C(=O)CO1. The Morgan fingerprint density at radius 1 is 1.80 bits per heavy atom. The van der Waals surface area contributed by atoms with Gasteiger partial charge in [-0.3, -0.25) is 4.79 Å². The Kier molecular flexibility index (Phi) is 2.53. The number of halogens is 1. The molecule has 0 saturated carbocycles. The lowest BCUT2D eigenvalue weighted by Crippen LogP contribution is -1.95. The van der Waals surface area contributed by atoms with E-state index in [1.807, 2.05) is 29.5 Å². The van der Waals surface area contributed by atoms with E-state index in [0.717, 1.165) is 0 Å². The molecule has 0 fully saturated rings. The Labute approximate surface area is 72.5 Å². The zero-order valence-electron chi connectivity index (χ0n) is 5.52. The summed E-state index contributed by atoms with van der Waals surface area (Å²) in [5.41, 5.74) is 0. The van der Waals surface area contributed by atoms with E-state index in [0.29, 0.717) is 16.1 Å². The molecule has 3 nitrogen and oxygen atoms in total. The third kappa shape index (κ3) is 1.42. The number of hydrogen-bond acceptors (Lipinski definition) is 3. The molecule has 0 saturated heterocycles. The van der Waals surface area contributed by atoms with Gasteiger partial charge >= 0.3 is 0 Å². The molecule has 0 aliphatic carbocycles. The van der Waals surface area contributed by atoms with Gasteiger partial charge in [0.1, 0.15) is 3.58 Å². The third-order valence-electron chi connectivity index (χ3n) is 1.03. The quantitative estimate of drug-likeness (QED) is 0.695. The number of Topliss-reactive ketones (excluding diaryl/α,β-unsaturated/α-hetero) is 1. The van der Waals surface area contributed by atoms with Crippen LogP contribution in [-0.4, -0.2) is 19.0 Å². The van der Waals surface area contributed by atoms with E-state index in [1.54, 1.807) is 0 Å². The molecule has 4 heteroatoms. The number of carbonyl (C=O) groups is 1. The fourth-order valence-corrected chi connectivity index (χ4v) is 1.07. The van der Waals surface area contributed by atoms with E-state index in [4.69, 9.17) is 9.47 Å². The van der Waals surface area contributed by atoms with E-state index in [2.05, 4.69) is 0 Å². The van der Waals surface area contributed by atoms with Crippen LogP contribution in [0.4, 0.5) is 0 Å². The fraction of sp³-hybridized carbons (Fsp3) is 0.500. The van der Waals surface area contributed by atoms with E-state index in [1.165, 1.54) is 0 Å². The fourth-order valence-electron chi connectivity index (χ4n) is 0.608. The molecule has 0 aromatic carbocycles. The van der Waals surface area contributed by atoms with Crippen molar-refractivity contribution in [3.8, 4) is 0 Å². The van der Waals surface area contributed by atoms with Gasteiger partial charge in [-0.05, 0) is 29.5 Å². The van der Waals surface area contributed by atoms with Crippen LogP contribution in [0.25, 0.3) is 0 Å². The van der Waals surface area contributed by atoms with Crippen LogP contribution in [0.3, 0.4) is 0 Å². The van der Waals surface area contributed by atoms with Crippen LogP contribution in [0.15, 0.2) is 9.53 Å². The van der Waals surface area contributed by atoms with E-state index >= 15 is 0 Å². The van der Waals surface area contributed by atoms with Crippen molar-refractivity contribution < 1.29 is 14.3 Å². The molecule has 0 spiro atoms. The summed E-state index contributed by atoms with van der Waals surface area (Å²) in [5, 5.41) is 0. The summed E-state index contributed by atoms with van der Waals surface area (Å²) < 4.78 is 10.5. The zero-order valence-corrected chi connectivity index (χ0v) is 7.67. The minimum Gasteiger partial charge on any atom is -0.465 e. The number of ether oxygens (including phenoxy) is 2. The molecule has 0 N–H and O–H groups in total. The molecule has 0 aromatic rings. The summed E-state index contributed by atoms with van der Waals surface area (Å²) in [6, 6.07) is 0. The Morgan fingerprint density at radius 2 is 2.50 bits per heavy atom. The second-order valence-corrected chi connectivity index (χ2v) is 2.83. The minimum absolute atomic E-state index is 0.00375. The first-order valence-electron chi connectivity index (χ1n) is 2.94. The molecule has 0 radical (unpaired) electrons. The summed E-state index contributed by atoms with van der Waals surface area (Å²) >= 11 is 1.92. The topological polar surface area (TPSA) is 35.5 Å². The molecule has 1 aliphatic heterocycles. The van der Waals surface area contributed by atoms with Crippen molar-refractivity contribution in [1.29, 1.82) is 0 Å². The van der Waals surface area contributed by atoms with Crippen molar-refractivity contribution >= 4 is 28.4 Å². The smallest absolute Gasteiger partial charge is 0.297 e. The number of ketones is 1. The molecule has 0 bridgehead atoms. The van der Waals surface area contributed by atoms with Gasteiger partial charge in [0.25, 0.3) is 5.95 Å². The zero-order chi connectivity index (χ0) is 7.56. The van der Waals surface area contributed by atoms with E-state index in [9.17, 15) is 4.79 Å². The molecule has 0 amide bonds. The Bertz CT molecular complexity index is 185. The maximum Gasteiger partial charge on any atom is 0.297 e. The average Bonchev–Trinajstić information content (AvgIpc) is 2.20. The van der Waals surface area contributed by atoms with Gasteiger partial charge in [-0.1, -0.05) is 0 Å². The van der Waals surface area contributed by atoms with Crippen LogP contribution in [0.5, 0.6) is 0 Å². The predicted molar refractivity (Wildman–Crippen MR) is 43.6 cm³/mol. The van der Waals surface area contributed by atoms with Crippen molar-refractivity contribution in [3.63, 3.8) is 0 Å². The lowest BCUT2D eigenvalue weighted by atomic mass is 10.4. The summed E-state index contributed by atoms with van der Waals surface area (Å²) in [4.78, 5) is 10.8. The van der Waals surface area contributed by atoms with Gasteiger partial charge in [-0.15, -0.1) is 0 Å². The predicted octanol–water partition coefficient (Wildman–Crippen LogP) is 1.23. The monoisotopic (exact) mass is 254 g/mol. The highest BCUT2D eigenvalue weighted by molar-refractivity contribution is 14.1. The molecule has 1 rings (SSSR count). The first-order chi connectivity index (χ1) is 4.75. The Balaban J connectivity index is 2.65. The van der Waals surface area contributed by atoms with Crippen LogP contribution >= 0.6 is 22.6 Å². The number of hydrogen-bond donors (Lipinski definition) is 0. The van der Waals surface area contributed by atoms with Gasteiger partial charge in [0.2, 0.25) is 5.78 Å². The van der Waals surface area contributed by atoms with E-state index < -0.39 is 0 Å². The van der Waals surface area contributed by atoms with Crippen LogP contribution in [-0.2, 0) is 14.3 Å². The second-order valence-electron chi connectivity index (χ2n) is 1.75. The molecule has 0 aromatic heterocycles. The summed E-state index contributed by atoms with van der Waals surface area (Å²) in [6.07, 6.45) is 0. The lowest BCUT2D eigenvalue weighted by Gasteiger charge is -2.01. The van der Waals surface area contributed by atoms with Crippen molar-refractivity contribution in [2.75, 3.05) is 13.2 Å². The first kappa shape index (κ1) is 7.84. The number of rotatable bonds is 2. The maximum atomic E-state index is 10.8. The molecular formula is C6H7IO3. The molecule has 0 atom stereocenters. The van der Waals surface area contributed by atoms with Crippen molar-refractivity contribution in [2.45, 2.75) is 6.92 Å². The van der Waals surface area contributed by atoms with Crippen LogP contribution in [0.2, 0.25) is 0 Å². The highest BCUT2D eigenvalue weighted by atomic mass is 127. The van der Waals surface area contributed by atoms with Crippen molar-refractivity contribution in [2.24, 2.45) is 0 Å². The summed E-state index contributed by atoms with van der Waals surface area (Å²) in [7, 11) is 0. The molecule has 1 aliphatic rings. The molecule has 1 heterocycles. The van der Waals surface area contributed by atoms with Gasteiger partial charge in [-0.25, -0.2) is 0 Å². The highest BCUT2D eigenvalue weighted by Gasteiger charge is 2.23. The molecule has 10 heavy (non-hydrogen) atoms. The van der Waals surface area contributed by atoms with Crippen LogP contribution < -0.4 is 0 Å². The highest BCUT2D eigenvalue weighted by Crippen LogP contribution is 2.22. The van der Waals surface area contributed by atoms with Crippen molar-refractivity contribution in [1.82, 2.24) is 0 Å². The normalized spacial score (nSPS) is 17.6. The van der Waals surface area contributed by atoms with E-state index in [-0.39, 0.29) is 12.4 Å². The standard InChI is InChI=1S/C6H7IO3/c1-2-9-6-5(7)4(8)3-10-6/h2-3H2,1H3. The first-order valence-corrected chi connectivity index (χ1v) is 4.02. The van der Waals surface area contributed by atoms with Gasteiger partial charge < -0.3 is 9.47 Å². The largest absolute Gasteiger partial charge is 0.465 e. The average molecular weight is 254 g/mol. The summed E-state index contributed by atoms with van der Waals surface area (Å²) in [5.74, 6) is 0.386. The van der Waals surface area contributed by atoms with Gasteiger partial charge in [-0.2, -0.15) is 0 Å². The maximum absolute atomic E-state index is 10.8. The molecular weight excluding hydrogens is 247 g/mol. The van der Waals surface area contributed by atoms with Crippen LogP contribution in [0.1, 0.15) is 6.92 Å². The Hall–Kier alpha value is -0.260. The third-order valence-corrected chi connectivity index (χ3v) is 2.08. The molecule has 0 unspecified atom stereocenters. The Morgan fingerprint density at radius 3 is 2.90 bits per heavy atom. The number of carbonyl (C=O) groups excluding carboxylic acids is 1. The lowest BCUT2D eigenvalue weighted by molar-refractivity contribution is -0.116.